The number of aryl methyl sites for hydroxylation is 2. The van der Waals surface area contributed by atoms with E-state index < -0.39 is 10.0 Å². The molecule has 0 aliphatic heterocycles. The van der Waals surface area contributed by atoms with E-state index in [0.29, 0.717) is 44.5 Å². The van der Waals surface area contributed by atoms with Gasteiger partial charge >= 0.3 is 0 Å². The molecule has 3 rings (SSSR count). The van der Waals surface area contributed by atoms with Crippen molar-refractivity contribution in [2.45, 2.75) is 64.8 Å². The van der Waals surface area contributed by atoms with Gasteiger partial charge in [-0.15, -0.1) is 0 Å². The van der Waals surface area contributed by atoms with E-state index >= 15 is 0 Å². The Hall–Kier alpha value is -2.71. The molecule has 190 valence electrons. The van der Waals surface area contributed by atoms with Crippen molar-refractivity contribution in [2.75, 3.05) is 26.2 Å². The molecule has 0 aliphatic rings. The topological polar surface area (TPSA) is 75.5 Å². The summed E-state index contributed by atoms with van der Waals surface area (Å²) < 4.78 is 29.5. The molecule has 7 nitrogen and oxygen atoms in total. The number of nitrogens with zero attached hydrogens (tertiary/aromatic N) is 4. The first-order chi connectivity index (χ1) is 16.8. The molecule has 0 aliphatic carbocycles. The number of aromatic nitrogens is 2. The zero-order valence-corrected chi connectivity index (χ0v) is 22.2. The minimum atomic E-state index is -3.55. The molecule has 35 heavy (non-hydrogen) atoms. The van der Waals surface area contributed by atoms with Crippen LogP contribution in [0.3, 0.4) is 0 Å². The van der Waals surface area contributed by atoms with Crippen LogP contribution in [0, 0.1) is 0 Å². The molecular weight excluding hydrogens is 460 g/mol. The normalized spacial score (nSPS) is 11.9. The lowest BCUT2D eigenvalue weighted by Crippen LogP contribution is -2.33. The molecule has 1 aromatic heterocycles. The van der Waals surface area contributed by atoms with E-state index in [1.807, 2.05) is 49.9 Å². The minimum Gasteiger partial charge on any atom is -0.343 e. The first-order valence-corrected chi connectivity index (χ1v) is 14.1. The Kier molecular flexibility index (Phi) is 9.46. The molecule has 0 N–H and O–H groups in total. The van der Waals surface area contributed by atoms with Crippen LogP contribution in [0.25, 0.3) is 11.0 Å². The molecule has 1 heterocycles. The van der Waals surface area contributed by atoms with Gasteiger partial charge in [0.1, 0.15) is 5.82 Å². The number of likely N-dealkylation sites (N-methyl/N-ethyl adjacent to an activating group) is 1. The second kappa shape index (κ2) is 12.3. The summed E-state index contributed by atoms with van der Waals surface area (Å²) in [5, 5.41) is 0. The van der Waals surface area contributed by atoms with Crippen molar-refractivity contribution in [2.24, 2.45) is 0 Å². The third-order valence-electron chi connectivity index (χ3n) is 6.40. The predicted octanol–water partition coefficient (Wildman–Crippen LogP) is 4.50. The van der Waals surface area contributed by atoms with Gasteiger partial charge in [-0.2, -0.15) is 4.31 Å². The smallest absolute Gasteiger partial charge is 0.243 e. The maximum atomic E-state index is 13.0. The van der Waals surface area contributed by atoms with E-state index in [1.54, 1.807) is 12.1 Å². The first kappa shape index (κ1) is 26.9. The van der Waals surface area contributed by atoms with Gasteiger partial charge in [-0.25, -0.2) is 13.4 Å². The molecule has 0 bridgehead atoms. The summed E-state index contributed by atoms with van der Waals surface area (Å²) in [5.74, 6) is 0.940. The van der Waals surface area contributed by atoms with Gasteiger partial charge in [0, 0.05) is 45.6 Å². The Labute approximate surface area is 209 Å². The Morgan fingerprint density at radius 1 is 0.943 bits per heavy atom. The van der Waals surface area contributed by atoms with Gasteiger partial charge in [-0.3, -0.25) is 4.79 Å². The third kappa shape index (κ3) is 6.30. The maximum Gasteiger partial charge on any atom is 0.243 e. The number of carbonyl (C=O) groups excluding carboxylic acids is 1. The van der Waals surface area contributed by atoms with Crippen molar-refractivity contribution in [3.63, 3.8) is 0 Å². The highest BCUT2D eigenvalue weighted by Gasteiger charge is 2.23. The molecule has 0 atom stereocenters. The largest absolute Gasteiger partial charge is 0.343 e. The highest BCUT2D eigenvalue weighted by Crippen LogP contribution is 2.24. The first-order valence-electron chi connectivity index (χ1n) is 12.7. The van der Waals surface area contributed by atoms with Crippen molar-refractivity contribution < 1.29 is 13.2 Å². The second-order valence-electron chi connectivity index (χ2n) is 8.63. The Morgan fingerprint density at radius 3 is 2.29 bits per heavy atom. The number of hydrogen-bond donors (Lipinski definition) is 0. The molecular formula is C27H38N4O3S. The van der Waals surface area contributed by atoms with E-state index in [2.05, 4.69) is 23.6 Å². The van der Waals surface area contributed by atoms with E-state index in [-0.39, 0.29) is 10.8 Å². The minimum absolute atomic E-state index is 0.114. The average Bonchev–Trinajstić information content (AvgIpc) is 3.21. The van der Waals surface area contributed by atoms with Crippen LogP contribution in [-0.4, -0.2) is 59.3 Å². The van der Waals surface area contributed by atoms with Gasteiger partial charge in [0.25, 0.3) is 0 Å². The van der Waals surface area contributed by atoms with Gasteiger partial charge in [0.05, 0.1) is 15.9 Å². The Balaban J connectivity index is 1.78. The molecule has 8 heteroatoms. The summed E-state index contributed by atoms with van der Waals surface area (Å²) in [7, 11) is -3.55. The Bertz CT molecular complexity index is 1220. The van der Waals surface area contributed by atoms with Crippen molar-refractivity contribution >= 4 is 27.0 Å². The second-order valence-corrected chi connectivity index (χ2v) is 10.6. The van der Waals surface area contributed by atoms with Crippen LogP contribution in [-0.2, 0) is 34.2 Å². The lowest BCUT2D eigenvalue weighted by molar-refractivity contribution is -0.131. The summed E-state index contributed by atoms with van der Waals surface area (Å²) >= 11 is 0. The Morgan fingerprint density at radius 2 is 1.66 bits per heavy atom. The van der Waals surface area contributed by atoms with Gasteiger partial charge < -0.3 is 9.47 Å². The zero-order chi connectivity index (χ0) is 25.4. The van der Waals surface area contributed by atoms with Gasteiger partial charge in [0.15, 0.2) is 0 Å². The quantitative estimate of drug-likeness (QED) is 0.348. The number of sulfonamides is 1. The molecule has 0 spiro atoms. The summed E-state index contributed by atoms with van der Waals surface area (Å²) in [5.41, 5.74) is 2.79. The SMILES string of the molecule is CCCn1c(CCC(=O)N(CC)CCc2ccccc2)nc2cc(S(=O)(=O)N(CC)CC)ccc21. The van der Waals surface area contributed by atoms with Crippen LogP contribution in [0.5, 0.6) is 0 Å². The number of fused-ring (bicyclic) bond motifs is 1. The van der Waals surface area contributed by atoms with Crippen molar-refractivity contribution in [3.05, 3.63) is 59.9 Å². The van der Waals surface area contributed by atoms with E-state index in [0.717, 1.165) is 30.7 Å². The van der Waals surface area contributed by atoms with Crippen LogP contribution in [0.2, 0.25) is 0 Å². The summed E-state index contributed by atoms with van der Waals surface area (Å²) in [6.07, 6.45) is 2.65. The van der Waals surface area contributed by atoms with Crippen LogP contribution in [0.15, 0.2) is 53.4 Å². The van der Waals surface area contributed by atoms with Crippen LogP contribution in [0.1, 0.15) is 51.9 Å². The van der Waals surface area contributed by atoms with Crippen LogP contribution < -0.4 is 0 Å². The monoisotopic (exact) mass is 498 g/mol. The fourth-order valence-corrected chi connectivity index (χ4v) is 5.92. The highest BCUT2D eigenvalue weighted by molar-refractivity contribution is 7.89. The number of rotatable bonds is 13. The molecule has 0 saturated heterocycles. The molecule has 1 amide bonds. The molecule has 0 unspecified atom stereocenters. The van der Waals surface area contributed by atoms with E-state index in [4.69, 9.17) is 4.98 Å². The molecule has 0 radical (unpaired) electrons. The number of benzene rings is 2. The van der Waals surface area contributed by atoms with E-state index in [9.17, 15) is 13.2 Å². The van der Waals surface area contributed by atoms with Crippen LogP contribution >= 0.6 is 0 Å². The molecule has 2 aromatic carbocycles. The highest BCUT2D eigenvalue weighted by atomic mass is 32.2. The number of imidazole rings is 1. The van der Waals surface area contributed by atoms with Gasteiger partial charge in [0.2, 0.25) is 15.9 Å². The fraction of sp³-hybridized carbons (Fsp3) is 0.481. The van der Waals surface area contributed by atoms with Crippen molar-refractivity contribution in [1.29, 1.82) is 0 Å². The molecule has 0 fully saturated rings. The lowest BCUT2D eigenvalue weighted by Gasteiger charge is -2.21. The third-order valence-corrected chi connectivity index (χ3v) is 8.45. The number of hydrogen-bond acceptors (Lipinski definition) is 4. The van der Waals surface area contributed by atoms with Crippen LogP contribution in [0.4, 0.5) is 0 Å². The number of carbonyl (C=O) groups is 1. The summed E-state index contributed by atoms with van der Waals surface area (Å²) in [6, 6.07) is 15.4. The van der Waals surface area contributed by atoms with E-state index in [1.165, 1.54) is 9.87 Å². The van der Waals surface area contributed by atoms with Gasteiger partial charge in [-0.1, -0.05) is 51.1 Å². The standard InChI is InChI=1S/C27H38N4O3S/c1-5-19-31-25-15-14-23(35(33,34)30(7-3)8-4)21-24(25)28-26(31)16-17-27(32)29(6-2)20-18-22-12-10-9-11-13-22/h9-15,21H,5-8,16-20H2,1-4H3. The predicted molar refractivity (Wildman–Crippen MR) is 141 cm³/mol. The molecule has 3 aromatic rings. The fourth-order valence-electron chi connectivity index (χ4n) is 4.44. The average molecular weight is 499 g/mol. The lowest BCUT2D eigenvalue weighted by atomic mass is 10.1. The maximum absolute atomic E-state index is 13.0. The zero-order valence-electron chi connectivity index (χ0n) is 21.4. The summed E-state index contributed by atoms with van der Waals surface area (Å²) in [4.78, 5) is 19.9. The van der Waals surface area contributed by atoms with Crippen molar-refractivity contribution in [3.8, 4) is 0 Å². The van der Waals surface area contributed by atoms with Gasteiger partial charge in [-0.05, 0) is 43.5 Å². The van der Waals surface area contributed by atoms with Crippen molar-refractivity contribution in [1.82, 2.24) is 18.8 Å². The summed E-state index contributed by atoms with van der Waals surface area (Å²) in [6.45, 7) is 10.8. The number of amides is 1. The molecule has 0 saturated carbocycles.